The molecular weight excluding hydrogens is 394 g/mol. The lowest BCUT2D eigenvalue weighted by molar-refractivity contribution is 1.36. The van der Waals surface area contributed by atoms with Crippen molar-refractivity contribution in [1.29, 1.82) is 0 Å². The van der Waals surface area contributed by atoms with Gasteiger partial charge < -0.3 is 4.98 Å². The van der Waals surface area contributed by atoms with Crippen molar-refractivity contribution in [1.82, 2.24) is 4.98 Å². The van der Waals surface area contributed by atoms with Crippen molar-refractivity contribution in [2.45, 2.75) is 0 Å². The van der Waals surface area contributed by atoms with E-state index in [2.05, 4.69) is 59.6 Å². The number of hydrogen-bond donors (Lipinski definition) is 1. The Kier molecular flexibility index (Phi) is 2.94. The van der Waals surface area contributed by atoms with Gasteiger partial charge in [0.25, 0.3) is 5.56 Å². The van der Waals surface area contributed by atoms with Crippen LogP contribution in [-0.4, -0.2) is 4.98 Å². The molecule has 0 atom stereocenters. The number of thiophene rings is 2. The molecule has 0 amide bonds. The standard InChI is InChI=1S/C25H13NOS2/c27-25-24-21(15-9-3-5-11-17(15)26-25)20-14-8-2-1-7-13(14)19-16-10-4-6-12-18(16)28-22(19)23(20)29-24/h1-12H,(H,26,27). The van der Waals surface area contributed by atoms with Crippen molar-refractivity contribution in [3.05, 3.63) is 83.2 Å². The van der Waals surface area contributed by atoms with Gasteiger partial charge in [-0.05, 0) is 22.9 Å². The van der Waals surface area contributed by atoms with Crippen LogP contribution in [0.2, 0.25) is 0 Å². The Morgan fingerprint density at radius 2 is 1.14 bits per heavy atom. The minimum absolute atomic E-state index is 0.00163. The van der Waals surface area contributed by atoms with Crippen LogP contribution in [0.3, 0.4) is 0 Å². The van der Waals surface area contributed by atoms with E-state index in [1.165, 1.54) is 41.0 Å². The lowest BCUT2D eigenvalue weighted by Gasteiger charge is -2.05. The number of H-pyrrole nitrogens is 1. The van der Waals surface area contributed by atoms with Gasteiger partial charge in [-0.15, -0.1) is 22.7 Å². The topological polar surface area (TPSA) is 32.9 Å². The molecule has 0 saturated heterocycles. The zero-order chi connectivity index (χ0) is 19.1. The van der Waals surface area contributed by atoms with Crippen LogP contribution in [0, 0.1) is 0 Å². The predicted molar refractivity (Wildman–Crippen MR) is 128 cm³/mol. The molecule has 2 nitrogen and oxygen atoms in total. The molecule has 7 rings (SSSR count). The zero-order valence-corrected chi connectivity index (χ0v) is 16.8. The quantitative estimate of drug-likeness (QED) is 0.279. The summed E-state index contributed by atoms with van der Waals surface area (Å²) in [6, 6.07) is 25.4. The Hall–Kier alpha value is -3.21. The van der Waals surface area contributed by atoms with Crippen LogP contribution >= 0.6 is 22.7 Å². The number of nitrogens with one attached hydrogen (secondary N) is 1. The fourth-order valence-electron chi connectivity index (χ4n) is 4.65. The van der Waals surface area contributed by atoms with Crippen LogP contribution in [0.15, 0.2) is 77.6 Å². The molecule has 3 aromatic heterocycles. The molecule has 0 aliphatic heterocycles. The maximum atomic E-state index is 13.0. The molecule has 0 spiro atoms. The van der Waals surface area contributed by atoms with Gasteiger partial charge in [0.05, 0.1) is 9.40 Å². The Morgan fingerprint density at radius 3 is 1.97 bits per heavy atom. The second-order valence-corrected chi connectivity index (χ2v) is 9.43. The maximum Gasteiger partial charge on any atom is 0.266 e. The van der Waals surface area contributed by atoms with Crippen LogP contribution in [-0.2, 0) is 0 Å². The van der Waals surface area contributed by atoms with Gasteiger partial charge in [-0.3, -0.25) is 4.79 Å². The van der Waals surface area contributed by atoms with Crippen molar-refractivity contribution in [3.63, 3.8) is 0 Å². The van der Waals surface area contributed by atoms with Crippen molar-refractivity contribution in [2.75, 3.05) is 0 Å². The first-order chi connectivity index (χ1) is 14.3. The van der Waals surface area contributed by atoms with Crippen LogP contribution in [0.5, 0.6) is 0 Å². The van der Waals surface area contributed by atoms with Crippen LogP contribution in [0.1, 0.15) is 0 Å². The summed E-state index contributed by atoms with van der Waals surface area (Å²) in [5, 5.41) is 8.49. The first-order valence-electron chi connectivity index (χ1n) is 9.50. The van der Waals surface area contributed by atoms with E-state index >= 15 is 0 Å². The van der Waals surface area contributed by atoms with Crippen molar-refractivity contribution in [3.8, 4) is 0 Å². The maximum absolute atomic E-state index is 13.0. The molecule has 4 aromatic carbocycles. The highest BCUT2D eigenvalue weighted by Crippen LogP contribution is 2.49. The average molecular weight is 408 g/mol. The van der Waals surface area contributed by atoms with E-state index in [1.807, 2.05) is 29.5 Å². The predicted octanol–water partition coefficient (Wildman–Crippen LogP) is 7.42. The number of rotatable bonds is 0. The number of benzene rings is 4. The molecule has 0 aliphatic carbocycles. The molecule has 0 fully saturated rings. The van der Waals surface area contributed by atoms with Gasteiger partial charge >= 0.3 is 0 Å². The van der Waals surface area contributed by atoms with Gasteiger partial charge in [0, 0.05) is 37.1 Å². The van der Waals surface area contributed by atoms with E-state index in [1.54, 1.807) is 11.3 Å². The Balaban J connectivity index is 1.93. The summed E-state index contributed by atoms with van der Waals surface area (Å²) in [4.78, 5) is 16.0. The van der Waals surface area contributed by atoms with E-state index in [4.69, 9.17) is 0 Å². The third kappa shape index (κ3) is 1.92. The first-order valence-corrected chi connectivity index (χ1v) is 11.1. The molecule has 0 aliphatic rings. The highest BCUT2D eigenvalue weighted by Gasteiger charge is 2.20. The molecule has 4 heteroatoms. The first kappa shape index (κ1) is 15.7. The molecular formula is C25H13NOS2. The number of hydrogen-bond acceptors (Lipinski definition) is 3. The monoisotopic (exact) mass is 407 g/mol. The van der Waals surface area contributed by atoms with Gasteiger partial charge in [-0.1, -0.05) is 60.7 Å². The normalized spacial score (nSPS) is 12.3. The summed E-state index contributed by atoms with van der Waals surface area (Å²) in [5.74, 6) is 0. The van der Waals surface area contributed by atoms with E-state index in [-0.39, 0.29) is 5.56 Å². The number of aromatic nitrogens is 1. The summed E-state index contributed by atoms with van der Waals surface area (Å²) in [6.45, 7) is 0. The molecule has 1 N–H and O–H groups in total. The Bertz CT molecular complexity index is 1840. The van der Waals surface area contributed by atoms with E-state index in [0.717, 1.165) is 21.0 Å². The van der Waals surface area contributed by atoms with Crippen LogP contribution in [0.4, 0.5) is 0 Å². The summed E-state index contributed by atoms with van der Waals surface area (Å²) in [5.41, 5.74) is 0.892. The second-order valence-electron chi connectivity index (χ2n) is 7.36. The van der Waals surface area contributed by atoms with Crippen LogP contribution in [0.25, 0.3) is 62.0 Å². The SMILES string of the molecule is O=c1[nH]c2ccccc2c2c1sc1c3sc4ccccc4c3c3ccccc3c12. The minimum atomic E-state index is -0.00163. The molecule has 3 heterocycles. The molecule has 136 valence electrons. The number of pyridine rings is 1. The molecule has 7 aromatic rings. The van der Waals surface area contributed by atoms with Gasteiger partial charge in [0.15, 0.2) is 0 Å². The molecule has 0 saturated carbocycles. The largest absolute Gasteiger partial charge is 0.321 e. The lowest BCUT2D eigenvalue weighted by Crippen LogP contribution is -2.03. The van der Waals surface area contributed by atoms with Gasteiger partial charge in [0.2, 0.25) is 0 Å². The second kappa shape index (κ2) is 5.44. The highest BCUT2D eigenvalue weighted by atomic mass is 32.1. The molecule has 0 radical (unpaired) electrons. The fraction of sp³-hybridized carbons (Fsp3) is 0. The number of para-hydroxylation sites is 1. The average Bonchev–Trinajstić information content (AvgIpc) is 3.34. The fourth-order valence-corrected chi connectivity index (χ4v) is 7.23. The third-order valence-electron chi connectivity index (χ3n) is 5.83. The van der Waals surface area contributed by atoms with Gasteiger partial charge in [-0.2, -0.15) is 0 Å². The van der Waals surface area contributed by atoms with Crippen molar-refractivity contribution in [2.24, 2.45) is 0 Å². The Labute approximate surface area is 172 Å². The molecule has 29 heavy (non-hydrogen) atoms. The molecule has 0 unspecified atom stereocenters. The summed E-state index contributed by atoms with van der Waals surface area (Å²) in [6.07, 6.45) is 0. The highest BCUT2D eigenvalue weighted by molar-refractivity contribution is 7.34. The Morgan fingerprint density at radius 1 is 0.552 bits per heavy atom. The number of aromatic amines is 1. The van der Waals surface area contributed by atoms with Crippen LogP contribution < -0.4 is 5.56 Å². The number of fused-ring (bicyclic) bond motifs is 12. The van der Waals surface area contributed by atoms with Crippen molar-refractivity contribution >= 4 is 84.7 Å². The smallest absolute Gasteiger partial charge is 0.266 e. The van der Waals surface area contributed by atoms with Gasteiger partial charge in [0.1, 0.15) is 4.70 Å². The third-order valence-corrected chi connectivity index (χ3v) is 8.35. The van der Waals surface area contributed by atoms with E-state index in [0.29, 0.717) is 0 Å². The van der Waals surface area contributed by atoms with Gasteiger partial charge in [-0.25, -0.2) is 0 Å². The summed E-state index contributed by atoms with van der Waals surface area (Å²) in [7, 11) is 0. The lowest BCUT2D eigenvalue weighted by atomic mass is 9.98. The zero-order valence-electron chi connectivity index (χ0n) is 15.2. The summed E-state index contributed by atoms with van der Waals surface area (Å²) >= 11 is 3.46. The van der Waals surface area contributed by atoms with E-state index in [9.17, 15) is 4.79 Å². The minimum Gasteiger partial charge on any atom is -0.321 e. The molecule has 0 bridgehead atoms. The van der Waals surface area contributed by atoms with Crippen molar-refractivity contribution < 1.29 is 0 Å². The summed E-state index contributed by atoms with van der Waals surface area (Å²) < 4.78 is 4.60. The van der Waals surface area contributed by atoms with E-state index < -0.39 is 0 Å².